The van der Waals surface area contributed by atoms with Crippen molar-refractivity contribution in [3.63, 3.8) is 0 Å². The predicted molar refractivity (Wildman–Crippen MR) is 502 cm³/mol. The molecule has 12 aliphatic rings. The van der Waals surface area contributed by atoms with Crippen molar-refractivity contribution < 1.29 is 38.1 Å². The van der Waals surface area contributed by atoms with Crippen LogP contribution in [0.15, 0.2) is 116 Å². The van der Waals surface area contributed by atoms with Crippen molar-refractivity contribution in [1.82, 2.24) is 97.8 Å². The Bertz CT molecular complexity index is 6360. The first-order valence-corrected chi connectivity index (χ1v) is 47.3. The molecular weight excluding hydrogens is 1680 g/mol. The van der Waals surface area contributed by atoms with Crippen molar-refractivity contribution in [1.29, 1.82) is 5.26 Å². The van der Waals surface area contributed by atoms with Crippen LogP contribution in [-0.2, 0) is 125 Å². The first-order chi connectivity index (χ1) is 64.6. The highest BCUT2D eigenvalue weighted by atomic mass is 16.5. The Morgan fingerprint density at radius 2 is 0.714 bits per heavy atom. The van der Waals surface area contributed by atoms with E-state index in [4.69, 9.17) is 39.3 Å². The van der Waals surface area contributed by atoms with E-state index < -0.39 is 0 Å². The van der Waals surface area contributed by atoms with Crippen LogP contribution in [-0.4, -0.2) is 227 Å². The zero-order chi connectivity index (χ0) is 91.5. The van der Waals surface area contributed by atoms with Crippen LogP contribution in [0.3, 0.4) is 0 Å². The van der Waals surface area contributed by atoms with Crippen LogP contribution in [0.25, 0.3) is 44.5 Å². The Hall–Kier alpha value is -13.0. The third-order valence-electron chi connectivity index (χ3n) is 29.4. The monoisotopic (exact) mass is 1800 g/mol. The molecule has 4 saturated heterocycles. The molecule has 24 rings (SSSR count). The largest absolute Gasteiger partial charge is 0.377 e. The number of ether oxygens (including phenoxy) is 4. The van der Waals surface area contributed by atoms with Gasteiger partial charge < -0.3 is 58.1 Å². The van der Waals surface area contributed by atoms with Gasteiger partial charge in [-0.15, -0.1) is 0 Å². The molecule has 0 N–H and O–H groups in total. The van der Waals surface area contributed by atoms with Crippen LogP contribution in [0.5, 0.6) is 0 Å². The molecule has 33 heteroatoms. The van der Waals surface area contributed by atoms with Crippen LogP contribution < -0.4 is 19.6 Å². The minimum absolute atomic E-state index is 0.0848. The second-order valence-corrected chi connectivity index (χ2v) is 37.8. The summed E-state index contributed by atoms with van der Waals surface area (Å²) in [6, 6.07) is 30.2. The molecule has 8 aromatic heterocycles. The summed E-state index contributed by atoms with van der Waals surface area (Å²) in [5.74, 6) is 5.37. The Labute approximate surface area is 773 Å². The predicted octanol–water partition coefficient (Wildman–Crippen LogP) is 12.9. The zero-order valence-corrected chi connectivity index (χ0v) is 78.0. The van der Waals surface area contributed by atoms with Gasteiger partial charge in [-0.1, -0.05) is 38.1 Å². The molecular formula is C100H117N25O8. The van der Waals surface area contributed by atoms with Crippen molar-refractivity contribution in [3.8, 4) is 50.6 Å². The lowest BCUT2D eigenvalue weighted by molar-refractivity contribution is -0.130. The van der Waals surface area contributed by atoms with Crippen molar-refractivity contribution in [2.45, 2.75) is 174 Å². The molecule has 0 spiro atoms. The van der Waals surface area contributed by atoms with Gasteiger partial charge >= 0.3 is 0 Å². The van der Waals surface area contributed by atoms with Crippen molar-refractivity contribution in [2.24, 2.45) is 28.2 Å². The fraction of sp³-hybridized carbons (Fsp3) is 0.470. The summed E-state index contributed by atoms with van der Waals surface area (Å²) in [6.07, 6.45) is 22.0. The maximum atomic E-state index is 12.2. The van der Waals surface area contributed by atoms with Gasteiger partial charge in [0.1, 0.15) is 0 Å². The highest BCUT2D eigenvalue weighted by Gasteiger charge is 2.44. The maximum Gasteiger partial charge on any atom is 0.219 e. The third kappa shape index (κ3) is 16.0. The Balaban J connectivity index is 0.000000107. The van der Waals surface area contributed by atoms with Gasteiger partial charge in [0.15, 0.2) is 23.3 Å². The standard InChI is InChI=1S/C25H27N7O2.3C25H30N6O2/c1-16(33)30-8-6-24-22(13-30)25(28-32(24)20-14-34-15-20)31-12-18(5-7-26)21-9-17(3-4-23(21)31)19-10-27-29(2)11-19;1-16-21(12-28(3)26-16)18-6-7-23-19(11-18)5-4-9-30(23)25-22-13-29(17(2)32)10-8-24(22)31(27-25)20-14-33-15-20;2*1-4-17-12-30(23-6-5-18(9-21(17)23)19-10-26-28(3)11-19)25-22-13-29(16(2)32)8-7-24(22)31(27-25)20-14-33-15-20/h3-4,9-11,18,20H,5-6,8,12-15H2,1-2H3;6-7,11-12,20H,4-5,8-10,13-15H2,1-3H3;2*5-6,9-11,17,20H,4,7-8,12-15H2,1-3H3/t18-;;2*17-/m1.10/s1. The molecule has 4 amide bonds. The number of aromatic nitrogens is 16. The van der Waals surface area contributed by atoms with Gasteiger partial charge in [0, 0.05) is 273 Å². The van der Waals surface area contributed by atoms with Gasteiger partial charge in [0.2, 0.25) is 23.6 Å². The molecule has 12 aromatic rings. The number of nitrogens with zero attached hydrogens (tertiary/aromatic N) is 25. The molecule has 33 nitrogen and oxygen atoms in total. The second kappa shape index (κ2) is 35.5. The molecule has 4 aromatic carbocycles. The van der Waals surface area contributed by atoms with E-state index in [1.807, 2.05) is 86.6 Å². The lowest BCUT2D eigenvalue weighted by Gasteiger charge is -2.33. The lowest BCUT2D eigenvalue weighted by atomic mass is 9.95. The molecule has 12 aliphatic heterocycles. The minimum Gasteiger partial charge on any atom is -0.377 e. The lowest BCUT2D eigenvalue weighted by Crippen LogP contribution is -2.37. The van der Waals surface area contributed by atoms with Crippen molar-refractivity contribution >= 4 is 69.6 Å². The summed E-state index contributed by atoms with van der Waals surface area (Å²) in [7, 11) is 7.77. The van der Waals surface area contributed by atoms with E-state index in [0.717, 1.165) is 159 Å². The third-order valence-corrected chi connectivity index (χ3v) is 29.4. The van der Waals surface area contributed by atoms with Gasteiger partial charge in [0.25, 0.3) is 0 Å². The quantitative estimate of drug-likeness (QED) is 0.0921. The number of carbonyl (C=O) groups excluding carboxylic acids is 4. The molecule has 690 valence electrons. The Kier molecular flexibility index (Phi) is 23.1. The fourth-order valence-electron chi connectivity index (χ4n) is 21.7. The van der Waals surface area contributed by atoms with Crippen molar-refractivity contribution in [3.05, 3.63) is 189 Å². The van der Waals surface area contributed by atoms with Gasteiger partial charge in [0.05, 0.1) is 134 Å². The summed E-state index contributed by atoms with van der Waals surface area (Å²) < 4.78 is 37.9. The number of hydrogen-bond donors (Lipinski definition) is 0. The molecule has 0 aliphatic carbocycles. The first kappa shape index (κ1) is 86.7. The number of aryl methyl sites for hydroxylation is 6. The van der Waals surface area contributed by atoms with Crippen LogP contribution in [0.2, 0.25) is 0 Å². The van der Waals surface area contributed by atoms with E-state index in [1.165, 1.54) is 95.5 Å². The van der Waals surface area contributed by atoms with E-state index in [9.17, 15) is 24.4 Å². The second-order valence-electron chi connectivity index (χ2n) is 37.8. The Morgan fingerprint density at radius 3 is 1.02 bits per heavy atom. The summed E-state index contributed by atoms with van der Waals surface area (Å²) in [5.41, 5.74) is 30.0. The van der Waals surface area contributed by atoms with Crippen molar-refractivity contribution in [2.75, 3.05) is 125 Å². The normalized spacial score (nSPS) is 19.4. The molecule has 4 fully saturated rings. The number of hydrogen-bond acceptors (Lipinski definition) is 21. The molecule has 3 atom stereocenters. The molecule has 0 bridgehead atoms. The van der Waals surface area contributed by atoms with Crippen LogP contribution in [0, 0.1) is 18.3 Å². The summed E-state index contributed by atoms with van der Waals surface area (Å²) in [5, 5.41) is 47.6. The van der Waals surface area contributed by atoms with Crippen LogP contribution in [0.1, 0.15) is 182 Å². The zero-order valence-electron chi connectivity index (χ0n) is 78.0. The van der Waals surface area contributed by atoms with E-state index in [2.05, 4.69) is 177 Å². The summed E-state index contributed by atoms with van der Waals surface area (Å²) in [6.45, 7) is 27.7. The Morgan fingerprint density at radius 1 is 0.383 bits per heavy atom. The number of benzene rings is 4. The highest BCUT2D eigenvalue weighted by Crippen LogP contribution is 2.52. The van der Waals surface area contributed by atoms with E-state index in [0.29, 0.717) is 129 Å². The number of fused-ring (bicyclic) bond motifs is 8. The van der Waals surface area contributed by atoms with Gasteiger partial charge in [-0.25, -0.2) is 0 Å². The molecule has 0 radical (unpaired) electrons. The maximum absolute atomic E-state index is 12.2. The summed E-state index contributed by atoms with van der Waals surface area (Å²) >= 11 is 0. The number of anilines is 8. The molecule has 0 saturated carbocycles. The van der Waals surface area contributed by atoms with E-state index in [-0.39, 0.29) is 35.6 Å². The number of amides is 4. The average molecular weight is 1800 g/mol. The smallest absolute Gasteiger partial charge is 0.219 e. The van der Waals surface area contributed by atoms with E-state index >= 15 is 0 Å². The average Bonchev–Trinajstić information content (AvgIpc) is 1.61. The van der Waals surface area contributed by atoms with E-state index in [1.54, 1.807) is 32.4 Å². The number of nitriles is 1. The SMILES string of the molecule is CC(=O)N1CCc2c(c(N3CCCc4cc(-c5cn(C)nc5C)ccc43)nn2C2COC2)C1.CC(=O)N1CCc2c(c(N3C[C@@H](CC#N)c4cc(-c5cnn(C)c5)ccc43)nn2C2COC2)C1.CC[C@@H]1CN(c2nn(C3COC3)c3c2CN(C(C)=O)CC3)c2ccc(-c3cnn(C)c3)cc21.CC[C@H]1CN(c2nn(C3COC3)c3c2CN(C(C)=O)CC3)c2ccc(-c3cnn(C)c3)cc21. The molecule has 133 heavy (non-hydrogen) atoms. The topological polar surface area (TPSA) is 297 Å². The molecule has 0 unspecified atom stereocenters. The minimum atomic E-state index is 0.0848. The summed E-state index contributed by atoms with van der Waals surface area (Å²) in [4.78, 5) is 65.8. The fourth-order valence-corrected chi connectivity index (χ4v) is 21.7. The van der Waals surface area contributed by atoms with Crippen LogP contribution in [0.4, 0.5) is 46.0 Å². The van der Waals surface area contributed by atoms with Crippen LogP contribution >= 0.6 is 0 Å². The number of rotatable bonds is 15. The van der Waals surface area contributed by atoms with Gasteiger partial charge in [-0.05, 0) is 126 Å². The van der Waals surface area contributed by atoms with Gasteiger partial charge in [-0.3, -0.25) is 56.6 Å². The number of carbonyl (C=O) groups is 4. The molecule has 20 heterocycles. The highest BCUT2D eigenvalue weighted by molar-refractivity contribution is 5.83. The first-order valence-electron chi connectivity index (χ1n) is 47.3. The van der Waals surface area contributed by atoms with Gasteiger partial charge in [-0.2, -0.15) is 46.1 Å².